The van der Waals surface area contributed by atoms with Gasteiger partial charge in [-0.1, -0.05) is 17.7 Å². The topological polar surface area (TPSA) is 117 Å². The number of nitro groups is 1. The Morgan fingerprint density at radius 1 is 1.22 bits per heavy atom. The lowest BCUT2D eigenvalue weighted by atomic mass is 10.1. The van der Waals surface area contributed by atoms with Crippen molar-refractivity contribution in [3.8, 4) is 11.8 Å². The van der Waals surface area contributed by atoms with E-state index in [2.05, 4.69) is 4.98 Å². The number of ether oxygens (including phenoxy) is 2. The second-order valence-electron chi connectivity index (χ2n) is 7.89. The highest BCUT2D eigenvalue weighted by molar-refractivity contribution is 7.92. The van der Waals surface area contributed by atoms with Gasteiger partial charge in [0.15, 0.2) is 5.60 Å². The Morgan fingerprint density at radius 2 is 1.88 bits per heavy atom. The van der Waals surface area contributed by atoms with Crippen LogP contribution in [0.3, 0.4) is 0 Å². The third-order valence-electron chi connectivity index (χ3n) is 5.18. The van der Waals surface area contributed by atoms with Gasteiger partial charge in [-0.25, -0.2) is 8.42 Å². The number of benzene rings is 2. The molecule has 11 heteroatoms. The molecule has 0 radical (unpaired) electrons. The second-order valence-corrected chi connectivity index (χ2v) is 9.86. The van der Waals surface area contributed by atoms with Crippen molar-refractivity contribution in [3.63, 3.8) is 0 Å². The summed E-state index contributed by atoms with van der Waals surface area (Å²) in [5.41, 5.74) is 0.858. The van der Waals surface area contributed by atoms with Crippen LogP contribution in [0.1, 0.15) is 12.5 Å². The molecule has 0 spiro atoms. The molecule has 2 heterocycles. The van der Waals surface area contributed by atoms with Crippen molar-refractivity contribution < 1.29 is 22.8 Å². The van der Waals surface area contributed by atoms with E-state index in [1.54, 1.807) is 28.8 Å². The number of imidazole rings is 1. The Morgan fingerprint density at radius 3 is 2.47 bits per heavy atom. The molecule has 2 aromatic carbocycles. The number of hydrogen-bond donors (Lipinski definition) is 0. The highest BCUT2D eigenvalue weighted by Gasteiger charge is 2.41. The van der Waals surface area contributed by atoms with Crippen molar-refractivity contribution in [3.05, 3.63) is 70.4 Å². The van der Waals surface area contributed by atoms with Gasteiger partial charge in [-0.2, -0.15) is 0 Å². The zero-order valence-corrected chi connectivity index (χ0v) is 18.6. The maximum atomic E-state index is 12.9. The summed E-state index contributed by atoms with van der Waals surface area (Å²) in [6.07, 6.45) is 1.32. The molecule has 0 unspecified atom stereocenters. The van der Waals surface area contributed by atoms with Crippen LogP contribution in [-0.4, -0.2) is 42.1 Å². The molecule has 1 aliphatic heterocycles. The minimum Gasteiger partial charge on any atom is -0.489 e. The molecule has 0 aliphatic carbocycles. The van der Waals surface area contributed by atoms with Crippen molar-refractivity contribution in [2.75, 3.05) is 18.0 Å². The van der Waals surface area contributed by atoms with Crippen LogP contribution in [0.15, 0.2) is 59.6 Å². The quantitative estimate of drug-likeness (QED) is 0.394. The minimum atomic E-state index is -3.72. The van der Waals surface area contributed by atoms with E-state index in [0.717, 1.165) is 5.56 Å². The maximum Gasteiger partial charge on any atom is 0.415 e. The van der Waals surface area contributed by atoms with E-state index >= 15 is 0 Å². The zero-order valence-electron chi connectivity index (χ0n) is 17.8. The Labute approximate surface area is 185 Å². The molecule has 0 saturated carbocycles. The Bertz CT molecular complexity index is 1230. The summed E-state index contributed by atoms with van der Waals surface area (Å²) in [5, 5.41) is 10.8. The van der Waals surface area contributed by atoms with E-state index in [1.807, 2.05) is 26.0 Å². The molecule has 0 saturated heterocycles. The lowest BCUT2D eigenvalue weighted by Crippen LogP contribution is -2.38. The smallest absolute Gasteiger partial charge is 0.415 e. The number of rotatable bonds is 7. The Balaban J connectivity index is 1.41. The molecule has 10 nitrogen and oxygen atoms in total. The van der Waals surface area contributed by atoms with Crippen molar-refractivity contribution in [2.24, 2.45) is 0 Å². The van der Waals surface area contributed by atoms with Crippen LogP contribution in [0.4, 0.5) is 11.5 Å². The standard InChI is InChI=1S/C21H22N4O6S/c1-15-4-6-16(7-5-15)23(3)32(28,29)18-10-8-17(9-11-18)30-14-21(2)13-24-12-19(25(26)27)22-20(24)31-21/h4-12H,13-14H2,1-3H3/t21-/m1/s1. The average Bonchev–Trinajstić information content (AvgIpc) is 3.28. The van der Waals surface area contributed by atoms with Crippen molar-refractivity contribution in [2.45, 2.75) is 30.9 Å². The third-order valence-corrected chi connectivity index (χ3v) is 6.98. The van der Waals surface area contributed by atoms with Crippen LogP contribution in [0.25, 0.3) is 0 Å². The summed E-state index contributed by atoms with van der Waals surface area (Å²) in [6, 6.07) is 13.5. The summed E-state index contributed by atoms with van der Waals surface area (Å²) in [4.78, 5) is 14.2. The number of nitrogens with zero attached hydrogens (tertiary/aromatic N) is 4. The second kappa shape index (κ2) is 7.83. The van der Waals surface area contributed by atoms with Gasteiger partial charge in [0, 0.05) is 12.0 Å². The van der Waals surface area contributed by atoms with Gasteiger partial charge in [0.1, 0.15) is 18.6 Å². The van der Waals surface area contributed by atoms with E-state index in [-0.39, 0.29) is 23.3 Å². The summed E-state index contributed by atoms with van der Waals surface area (Å²) in [5.74, 6) is 0.206. The number of sulfonamides is 1. The predicted octanol–water partition coefficient (Wildman–Crippen LogP) is 3.15. The molecule has 32 heavy (non-hydrogen) atoms. The normalized spacial score (nSPS) is 17.5. The van der Waals surface area contributed by atoms with Crippen LogP contribution in [-0.2, 0) is 16.6 Å². The lowest BCUT2D eigenvalue weighted by Gasteiger charge is -2.22. The molecular formula is C21H22N4O6S. The van der Waals surface area contributed by atoms with E-state index in [4.69, 9.17) is 9.47 Å². The van der Waals surface area contributed by atoms with E-state index in [0.29, 0.717) is 18.0 Å². The molecule has 1 atom stereocenters. The van der Waals surface area contributed by atoms with Gasteiger partial charge in [0.25, 0.3) is 10.0 Å². The van der Waals surface area contributed by atoms with Crippen molar-refractivity contribution >= 4 is 21.5 Å². The molecule has 0 fully saturated rings. The van der Waals surface area contributed by atoms with Gasteiger partial charge in [-0.3, -0.25) is 8.87 Å². The molecule has 0 amide bonds. The Hall–Kier alpha value is -3.60. The average molecular weight is 458 g/mol. The predicted molar refractivity (Wildman–Crippen MR) is 117 cm³/mol. The van der Waals surface area contributed by atoms with Crippen molar-refractivity contribution in [1.82, 2.24) is 9.55 Å². The van der Waals surface area contributed by atoms with E-state index in [9.17, 15) is 18.5 Å². The van der Waals surface area contributed by atoms with E-state index in [1.165, 1.54) is 29.7 Å². The molecule has 1 aromatic heterocycles. The summed E-state index contributed by atoms with van der Waals surface area (Å²) in [7, 11) is -2.21. The first-order valence-electron chi connectivity index (χ1n) is 9.76. The third kappa shape index (κ3) is 4.11. The number of fused-ring (bicyclic) bond motifs is 1. The minimum absolute atomic E-state index is 0.142. The van der Waals surface area contributed by atoms with Gasteiger partial charge in [-0.15, -0.1) is 0 Å². The fourth-order valence-corrected chi connectivity index (χ4v) is 4.55. The largest absolute Gasteiger partial charge is 0.489 e. The van der Waals surface area contributed by atoms with Gasteiger partial charge < -0.3 is 19.6 Å². The first-order valence-corrected chi connectivity index (χ1v) is 11.2. The molecule has 0 N–H and O–H groups in total. The van der Waals surface area contributed by atoms with Gasteiger partial charge in [0.2, 0.25) is 0 Å². The molecule has 0 bridgehead atoms. The SMILES string of the molecule is Cc1ccc(N(C)S(=O)(=O)c2ccc(OC[C@@]3(C)Cn4cc([N+](=O)[O-])nc4O3)cc2)cc1. The zero-order chi connectivity index (χ0) is 23.1. The number of hydrogen-bond acceptors (Lipinski definition) is 7. The van der Waals surface area contributed by atoms with Gasteiger partial charge in [0.05, 0.1) is 17.1 Å². The highest BCUT2D eigenvalue weighted by Crippen LogP contribution is 2.31. The number of aromatic nitrogens is 2. The van der Waals surface area contributed by atoms with E-state index < -0.39 is 20.5 Å². The highest BCUT2D eigenvalue weighted by atomic mass is 32.2. The molecule has 1 aliphatic rings. The molecular weight excluding hydrogens is 436 g/mol. The summed E-state index contributed by atoms with van der Waals surface area (Å²) < 4.78 is 40.2. The van der Waals surface area contributed by atoms with Crippen LogP contribution in [0, 0.1) is 17.0 Å². The van der Waals surface area contributed by atoms with Crippen LogP contribution >= 0.6 is 0 Å². The fraction of sp³-hybridized carbons (Fsp3) is 0.286. The summed E-state index contributed by atoms with van der Waals surface area (Å²) in [6.45, 7) is 4.24. The maximum absolute atomic E-state index is 12.9. The monoisotopic (exact) mass is 458 g/mol. The first kappa shape index (κ1) is 21.6. The van der Waals surface area contributed by atoms with Crippen molar-refractivity contribution in [1.29, 1.82) is 0 Å². The van der Waals surface area contributed by atoms with Crippen LogP contribution < -0.4 is 13.8 Å². The first-order chi connectivity index (χ1) is 15.1. The lowest BCUT2D eigenvalue weighted by molar-refractivity contribution is -0.389. The number of aryl methyl sites for hydroxylation is 1. The van der Waals surface area contributed by atoms with Gasteiger partial charge >= 0.3 is 11.8 Å². The number of anilines is 1. The molecule has 4 rings (SSSR count). The van der Waals surface area contributed by atoms with Gasteiger partial charge in [-0.05, 0) is 55.2 Å². The van der Waals surface area contributed by atoms with Crippen LogP contribution in [0.2, 0.25) is 0 Å². The molecule has 3 aromatic rings. The molecule has 168 valence electrons. The van der Waals surface area contributed by atoms with Crippen LogP contribution in [0.5, 0.6) is 11.8 Å². The summed E-state index contributed by atoms with van der Waals surface area (Å²) >= 11 is 0. The Kier molecular flexibility index (Phi) is 5.29. The fourth-order valence-electron chi connectivity index (χ4n) is 3.35.